The van der Waals surface area contributed by atoms with Crippen LogP contribution in [0.2, 0.25) is 0 Å². The molecule has 0 aliphatic heterocycles. The summed E-state index contributed by atoms with van der Waals surface area (Å²) in [6.07, 6.45) is 21.7. The summed E-state index contributed by atoms with van der Waals surface area (Å²) in [7, 11) is 0. The van der Waals surface area contributed by atoms with Crippen molar-refractivity contribution in [2.75, 3.05) is 0 Å². The molecule has 0 N–H and O–H groups in total. The molecular formula is C17H33O. The molecule has 0 aromatic carbocycles. The third-order valence-corrected chi connectivity index (χ3v) is 3.63. The van der Waals surface area contributed by atoms with E-state index in [1.165, 1.54) is 83.5 Å². The van der Waals surface area contributed by atoms with Crippen molar-refractivity contribution in [1.82, 2.24) is 0 Å². The number of hydrogen-bond donors (Lipinski definition) is 0. The van der Waals surface area contributed by atoms with Gasteiger partial charge in [-0.25, -0.2) is 0 Å². The predicted molar refractivity (Wildman–Crippen MR) is 80.6 cm³/mol. The number of rotatable bonds is 15. The van der Waals surface area contributed by atoms with E-state index in [0.717, 1.165) is 6.42 Å². The Morgan fingerprint density at radius 3 is 1.22 bits per heavy atom. The van der Waals surface area contributed by atoms with E-state index in [-0.39, 0.29) is 0 Å². The predicted octanol–water partition coefficient (Wildman–Crippen LogP) is 5.97. The van der Waals surface area contributed by atoms with Gasteiger partial charge in [-0.2, -0.15) is 0 Å². The lowest BCUT2D eigenvalue weighted by Crippen LogP contribution is -1.83. The van der Waals surface area contributed by atoms with Crippen LogP contribution >= 0.6 is 0 Å². The Morgan fingerprint density at radius 1 is 0.556 bits per heavy atom. The van der Waals surface area contributed by atoms with Crippen molar-refractivity contribution in [2.24, 2.45) is 0 Å². The molecule has 0 saturated carbocycles. The Bertz CT molecular complexity index is 154. The van der Waals surface area contributed by atoms with E-state index in [0.29, 0.717) is 6.42 Å². The van der Waals surface area contributed by atoms with E-state index in [4.69, 9.17) is 0 Å². The van der Waals surface area contributed by atoms with Gasteiger partial charge in [0.1, 0.15) is 0 Å². The summed E-state index contributed by atoms with van der Waals surface area (Å²) in [4.78, 5) is 10.00. The first kappa shape index (κ1) is 17.7. The molecule has 0 unspecified atom stereocenters. The summed E-state index contributed by atoms with van der Waals surface area (Å²) in [6.45, 7) is 2.28. The first-order chi connectivity index (χ1) is 8.91. The zero-order valence-corrected chi connectivity index (χ0v) is 12.5. The molecule has 0 amide bonds. The van der Waals surface area contributed by atoms with Crippen LogP contribution in [0.15, 0.2) is 0 Å². The summed E-state index contributed by atoms with van der Waals surface area (Å²) in [5.41, 5.74) is 0. The van der Waals surface area contributed by atoms with E-state index in [9.17, 15) is 4.79 Å². The minimum absolute atomic E-state index is 0.637. The largest absolute Gasteiger partial charge is 0.291 e. The molecule has 0 aliphatic rings. The Morgan fingerprint density at radius 2 is 0.889 bits per heavy atom. The monoisotopic (exact) mass is 253 g/mol. The van der Waals surface area contributed by atoms with Gasteiger partial charge < -0.3 is 0 Å². The Kier molecular flexibility index (Phi) is 16.4. The molecule has 0 spiro atoms. The molecule has 0 aromatic heterocycles. The lowest BCUT2D eigenvalue weighted by molar-refractivity contribution is 0.529. The SMILES string of the molecule is CCCCCCCCCCCCCCCC[C]=O. The fourth-order valence-electron chi connectivity index (χ4n) is 2.39. The van der Waals surface area contributed by atoms with Crippen LogP contribution in [-0.2, 0) is 4.79 Å². The molecule has 0 rings (SSSR count). The van der Waals surface area contributed by atoms with Crippen molar-refractivity contribution in [3.63, 3.8) is 0 Å². The van der Waals surface area contributed by atoms with Gasteiger partial charge in [-0.3, -0.25) is 4.79 Å². The van der Waals surface area contributed by atoms with Gasteiger partial charge in [-0.05, 0) is 6.42 Å². The molecule has 0 heterocycles. The average Bonchev–Trinajstić information content (AvgIpc) is 2.39. The topological polar surface area (TPSA) is 17.1 Å². The van der Waals surface area contributed by atoms with Crippen LogP contribution in [0.4, 0.5) is 0 Å². The van der Waals surface area contributed by atoms with Crippen molar-refractivity contribution in [3.8, 4) is 0 Å². The lowest BCUT2D eigenvalue weighted by atomic mass is 10.0. The third-order valence-electron chi connectivity index (χ3n) is 3.63. The summed E-state index contributed by atoms with van der Waals surface area (Å²) < 4.78 is 0. The Hall–Kier alpha value is -0.330. The van der Waals surface area contributed by atoms with Crippen LogP contribution in [0.3, 0.4) is 0 Å². The quantitative estimate of drug-likeness (QED) is 0.329. The third kappa shape index (κ3) is 15.7. The van der Waals surface area contributed by atoms with Gasteiger partial charge in [-0.15, -0.1) is 0 Å². The van der Waals surface area contributed by atoms with Crippen LogP contribution in [0.1, 0.15) is 103 Å². The standard InChI is InChI=1S/C17H33O/c1-2-3-4-5-6-7-8-9-10-11-12-13-14-15-16-17-18/h2-16H2,1H3. The van der Waals surface area contributed by atoms with E-state index in [1.54, 1.807) is 0 Å². The Labute approximate surface area is 115 Å². The summed E-state index contributed by atoms with van der Waals surface area (Å²) in [6, 6.07) is 0. The molecule has 1 radical (unpaired) electrons. The summed E-state index contributed by atoms with van der Waals surface area (Å²) >= 11 is 0. The number of hydrogen-bond acceptors (Lipinski definition) is 1. The van der Waals surface area contributed by atoms with Gasteiger partial charge in [0, 0.05) is 6.42 Å². The van der Waals surface area contributed by atoms with Crippen LogP contribution in [0, 0.1) is 0 Å². The van der Waals surface area contributed by atoms with Crippen molar-refractivity contribution >= 4 is 6.29 Å². The van der Waals surface area contributed by atoms with Crippen molar-refractivity contribution < 1.29 is 4.79 Å². The van der Waals surface area contributed by atoms with E-state index < -0.39 is 0 Å². The van der Waals surface area contributed by atoms with Crippen molar-refractivity contribution in [1.29, 1.82) is 0 Å². The molecule has 18 heavy (non-hydrogen) atoms. The van der Waals surface area contributed by atoms with Gasteiger partial charge in [0.15, 0.2) is 6.29 Å². The molecule has 0 saturated heterocycles. The molecule has 1 nitrogen and oxygen atoms in total. The maximum atomic E-state index is 10.00. The molecule has 0 atom stereocenters. The van der Waals surface area contributed by atoms with Crippen LogP contribution in [0.25, 0.3) is 0 Å². The smallest absolute Gasteiger partial charge is 0.198 e. The highest BCUT2D eigenvalue weighted by molar-refractivity contribution is 5.50. The fraction of sp³-hybridized carbons (Fsp3) is 0.941. The Balaban J connectivity index is 2.88. The van der Waals surface area contributed by atoms with Gasteiger partial charge >= 0.3 is 0 Å². The molecule has 107 valence electrons. The molecule has 0 bridgehead atoms. The van der Waals surface area contributed by atoms with Crippen molar-refractivity contribution in [3.05, 3.63) is 0 Å². The molecule has 0 fully saturated rings. The minimum Gasteiger partial charge on any atom is -0.291 e. The number of unbranched alkanes of at least 4 members (excludes halogenated alkanes) is 14. The van der Waals surface area contributed by atoms with Gasteiger partial charge in [0.2, 0.25) is 0 Å². The van der Waals surface area contributed by atoms with Crippen LogP contribution in [0.5, 0.6) is 0 Å². The van der Waals surface area contributed by atoms with E-state index >= 15 is 0 Å². The normalized spacial score (nSPS) is 10.7. The minimum atomic E-state index is 0.637. The second-order valence-corrected chi connectivity index (χ2v) is 5.49. The van der Waals surface area contributed by atoms with E-state index in [1.807, 2.05) is 6.29 Å². The maximum absolute atomic E-state index is 10.00. The lowest BCUT2D eigenvalue weighted by Gasteiger charge is -2.02. The zero-order valence-electron chi connectivity index (χ0n) is 12.5. The maximum Gasteiger partial charge on any atom is 0.198 e. The summed E-state index contributed by atoms with van der Waals surface area (Å²) in [5.74, 6) is 0. The van der Waals surface area contributed by atoms with Crippen molar-refractivity contribution in [2.45, 2.75) is 103 Å². The first-order valence-corrected chi connectivity index (χ1v) is 8.26. The number of carbonyl (C=O) groups excluding carboxylic acids is 1. The average molecular weight is 253 g/mol. The summed E-state index contributed by atoms with van der Waals surface area (Å²) in [5, 5.41) is 0. The fourth-order valence-corrected chi connectivity index (χ4v) is 2.39. The van der Waals surface area contributed by atoms with Gasteiger partial charge in [0.25, 0.3) is 0 Å². The molecule has 1 heteroatoms. The van der Waals surface area contributed by atoms with Gasteiger partial charge in [-0.1, -0.05) is 90.4 Å². The second-order valence-electron chi connectivity index (χ2n) is 5.49. The van der Waals surface area contributed by atoms with E-state index in [2.05, 4.69) is 6.92 Å². The second kappa shape index (κ2) is 16.7. The molecule has 0 aromatic rings. The molecule has 0 aliphatic carbocycles. The highest BCUT2D eigenvalue weighted by Crippen LogP contribution is 2.12. The van der Waals surface area contributed by atoms with Gasteiger partial charge in [0.05, 0.1) is 0 Å². The van der Waals surface area contributed by atoms with Crippen LogP contribution < -0.4 is 0 Å². The zero-order chi connectivity index (χ0) is 13.3. The first-order valence-electron chi connectivity index (χ1n) is 8.26. The molecular weight excluding hydrogens is 220 g/mol. The van der Waals surface area contributed by atoms with Crippen LogP contribution in [-0.4, -0.2) is 6.29 Å². The highest BCUT2D eigenvalue weighted by Gasteiger charge is 1.93. The highest BCUT2D eigenvalue weighted by atomic mass is 16.1.